The zero-order valence-corrected chi connectivity index (χ0v) is 13.5. The van der Waals surface area contributed by atoms with E-state index >= 15 is 0 Å². The molecule has 4 nitrogen and oxygen atoms in total. The topological polar surface area (TPSA) is 69.4 Å². The number of nitrogens with two attached hydrogens (primary N) is 1. The molecule has 0 spiro atoms. The van der Waals surface area contributed by atoms with Gasteiger partial charge in [0.2, 0.25) is 0 Å². The third kappa shape index (κ3) is 3.56. The first-order chi connectivity index (χ1) is 9.90. The number of benzene rings is 1. The molecule has 2 N–H and O–H groups in total. The van der Waals surface area contributed by atoms with Crippen LogP contribution in [-0.4, -0.2) is 8.42 Å². The van der Waals surface area contributed by atoms with Crippen molar-refractivity contribution >= 4 is 31.7 Å². The lowest BCUT2D eigenvalue weighted by atomic mass is 9.82. The van der Waals surface area contributed by atoms with E-state index in [1.165, 1.54) is 30.6 Å². The van der Waals surface area contributed by atoms with Gasteiger partial charge in [-0.3, -0.25) is 0 Å². The third-order valence-corrected chi connectivity index (χ3v) is 5.84. The molecule has 0 saturated heterocycles. The molecule has 0 amide bonds. The first-order valence-corrected chi connectivity index (χ1v) is 9.45. The van der Waals surface area contributed by atoms with Crippen LogP contribution in [0.1, 0.15) is 43.4 Å². The second-order valence-corrected chi connectivity index (χ2v) is 8.15. The predicted octanol–water partition coefficient (Wildman–Crippen LogP) is 3.78. The summed E-state index contributed by atoms with van der Waals surface area (Å²) in [5, 5.41) is 5.92. The maximum Gasteiger partial charge on any atom is 0.380 e. The van der Waals surface area contributed by atoms with E-state index in [1.807, 2.05) is 6.07 Å². The lowest BCUT2D eigenvalue weighted by Gasteiger charge is -2.25. The van der Waals surface area contributed by atoms with Gasteiger partial charge in [0.1, 0.15) is 5.75 Å². The van der Waals surface area contributed by atoms with Crippen LogP contribution < -0.4 is 9.32 Å². The van der Waals surface area contributed by atoms with Crippen molar-refractivity contribution in [2.75, 3.05) is 0 Å². The zero-order chi connectivity index (χ0) is 15.0. The molecule has 6 heteroatoms. The summed E-state index contributed by atoms with van der Waals surface area (Å²) in [7, 11) is -3.96. The lowest BCUT2D eigenvalue weighted by Crippen LogP contribution is -2.18. The minimum atomic E-state index is -3.96. The summed E-state index contributed by atoms with van der Waals surface area (Å²) in [5.74, 6) is 1.75. The Labute approximate surface area is 129 Å². The van der Waals surface area contributed by atoms with Crippen molar-refractivity contribution in [2.24, 2.45) is 11.1 Å². The molecule has 1 heterocycles. The summed E-state index contributed by atoms with van der Waals surface area (Å²) >= 11 is 1.80. The number of thiophene rings is 1. The quantitative estimate of drug-likeness (QED) is 0.933. The molecule has 1 saturated carbocycles. The van der Waals surface area contributed by atoms with Crippen molar-refractivity contribution in [3.8, 4) is 5.75 Å². The van der Waals surface area contributed by atoms with Crippen molar-refractivity contribution in [2.45, 2.75) is 38.5 Å². The van der Waals surface area contributed by atoms with Crippen LogP contribution in [0.2, 0.25) is 0 Å². The van der Waals surface area contributed by atoms with Crippen molar-refractivity contribution in [3.63, 3.8) is 0 Å². The Morgan fingerprint density at radius 1 is 1.19 bits per heavy atom. The molecule has 0 radical (unpaired) electrons. The molecule has 1 aliphatic rings. The molecule has 3 rings (SSSR count). The largest absolute Gasteiger partial charge is 0.380 e. The maximum atomic E-state index is 11.0. The van der Waals surface area contributed by atoms with Crippen LogP contribution in [0, 0.1) is 5.92 Å². The van der Waals surface area contributed by atoms with Gasteiger partial charge in [0.05, 0.1) is 0 Å². The molecular formula is C15H19NO3S2. The highest BCUT2D eigenvalue weighted by Gasteiger charge is 2.21. The first-order valence-electron chi connectivity index (χ1n) is 7.16. The number of hydrogen-bond acceptors (Lipinski definition) is 4. The van der Waals surface area contributed by atoms with Crippen LogP contribution in [0.5, 0.6) is 5.75 Å². The summed E-state index contributed by atoms with van der Waals surface area (Å²) in [5.41, 5.74) is 0. The van der Waals surface area contributed by atoms with E-state index in [-0.39, 0.29) is 5.75 Å². The van der Waals surface area contributed by atoms with Gasteiger partial charge in [-0.15, -0.1) is 11.3 Å². The second kappa shape index (κ2) is 5.59. The number of fused-ring (bicyclic) bond motifs is 1. The van der Waals surface area contributed by atoms with Gasteiger partial charge < -0.3 is 4.18 Å². The molecule has 1 aliphatic carbocycles. The van der Waals surface area contributed by atoms with E-state index in [4.69, 9.17) is 9.32 Å². The van der Waals surface area contributed by atoms with Crippen molar-refractivity contribution in [1.29, 1.82) is 0 Å². The Balaban J connectivity index is 1.86. The average molecular weight is 325 g/mol. The van der Waals surface area contributed by atoms with Crippen LogP contribution in [0.15, 0.2) is 24.3 Å². The van der Waals surface area contributed by atoms with Gasteiger partial charge in [0.15, 0.2) is 0 Å². The molecule has 1 aromatic heterocycles. The summed E-state index contributed by atoms with van der Waals surface area (Å²) in [4.78, 5) is 1.39. The molecule has 0 atom stereocenters. The highest BCUT2D eigenvalue weighted by atomic mass is 32.2. The zero-order valence-electron chi connectivity index (χ0n) is 11.9. The van der Waals surface area contributed by atoms with Crippen LogP contribution in [0.3, 0.4) is 0 Å². The average Bonchev–Trinajstić information content (AvgIpc) is 2.80. The fraction of sp³-hybridized carbons (Fsp3) is 0.467. The smallest absolute Gasteiger partial charge is 0.371 e. The SMILES string of the molecule is CC1CCC(c2cc3cc(OS(N)(=O)=O)ccc3s2)CC1. The van der Waals surface area contributed by atoms with Crippen LogP contribution >= 0.6 is 11.3 Å². The van der Waals surface area contributed by atoms with Crippen LogP contribution in [0.4, 0.5) is 0 Å². The summed E-state index contributed by atoms with van der Waals surface area (Å²) < 4.78 is 27.8. The third-order valence-electron chi connectivity index (χ3n) is 4.14. The highest BCUT2D eigenvalue weighted by Crippen LogP contribution is 2.41. The van der Waals surface area contributed by atoms with Gasteiger partial charge in [-0.2, -0.15) is 13.6 Å². The number of rotatable bonds is 3. The van der Waals surface area contributed by atoms with Gasteiger partial charge >= 0.3 is 10.3 Å². The minimum Gasteiger partial charge on any atom is -0.371 e. The van der Waals surface area contributed by atoms with Crippen LogP contribution in [0.25, 0.3) is 10.1 Å². The molecule has 114 valence electrons. The van der Waals surface area contributed by atoms with Crippen molar-refractivity contribution in [1.82, 2.24) is 0 Å². The van der Waals surface area contributed by atoms with E-state index in [9.17, 15) is 8.42 Å². The van der Waals surface area contributed by atoms with Gasteiger partial charge in [0, 0.05) is 9.58 Å². The Bertz CT molecular complexity index is 743. The lowest BCUT2D eigenvalue weighted by molar-refractivity contribution is 0.351. The van der Waals surface area contributed by atoms with Gasteiger partial charge in [-0.25, -0.2) is 0 Å². The Hall–Kier alpha value is -1.11. The Morgan fingerprint density at radius 2 is 1.90 bits per heavy atom. The Morgan fingerprint density at radius 3 is 2.57 bits per heavy atom. The predicted molar refractivity (Wildman–Crippen MR) is 85.9 cm³/mol. The fourth-order valence-electron chi connectivity index (χ4n) is 2.97. The minimum absolute atomic E-state index is 0.270. The monoisotopic (exact) mass is 325 g/mol. The molecule has 1 fully saturated rings. The van der Waals surface area contributed by atoms with Gasteiger partial charge in [0.25, 0.3) is 0 Å². The molecule has 0 aliphatic heterocycles. The standard InChI is InChI=1S/C15H19NO3S2/c1-10-2-4-11(5-3-10)15-9-12-8-13(19-21(16,17)18)6-7-14(12)20-15/h6-11H,2-5H2,1H3,(H2,16,17,18). The van der Waals surface area contributed by atoms with E-state index in [2.05, 4.69) is 13.0 Å². The summed E-state index contributed by atoms with van der Waals surface area (Å²) in [6, 6.07) is 7.45. The molecule has 21 heavy (non-hydrogen) atoms. The van der Waals surface area contributed by atoms with E-state index < -0.39 is 10.3 Å². The summed E-state index contributed by atoms with van der Waals surface area (Å²) in [6.45, 7) is 2.32. The molecule has 0 bridgehead atoms. The van der Waals surface area contributed by atoms with Gasteiger partial charge in [-0.1, -0.05) is 19.8 Å². The second-order valence-electron chi connectivity index (χ2n) is 5.88. The highest BCUT2D eigenvalue weighted by molar-refractivity contribution is 7.84. The van der Waals surface area contributed by atoms with Gasteiger partial charge in [-0.05, 0) is 54.3 Å². The molecule has 1 aromatic carbocycles. The molecule has 2 aromatic rings. The maximum absolute atomic E-state index is 11.0. The number of hydrogen-bond donors (Lipinski definition) is 1. The first kappa shape index (κ1) is 14.8. The van der Waals surface area contributed by atoms with E-state index in [0.717, 1.165) is 16.0 Å². The summed E-state index contributed by atoms with van der Waals surface area (Å²) in [6.07, 6.45) is 5.07. The fourth-order valence-corrected chi connectivity index (χ4v) is 4.56. The molecular weight excluding hydrogens is 306 g/mol. The van der Waals surface area contributed by atoms with Crippen LogP contribution in [-0.2, 0) is 10.3 Å². The van der Waals surface area contributed by atoms with E-state index in [0.29, 0.717) is 5.92 Å². The van der Waals surface area contributed by atoms with Crippen molar-refractivity contribution in [3.05, 3.63) is 29.1 Å². The molecule has 0 unspecified atom stereocenters. The Kier molecular flexibility index (Phi) is 3.94. The van der Waals surface area contributed by atoms with E-state index in [1.54, 1.807) is 23.5 Å². The van der Waals surface area contributed by atoms with Crippen molar-refractivity contribution < 1.29 is 12.6 Å². The normalized spacial score (nSPS) is 23.3.